The fourth-order valence-corrected chi connectivity index (χ4v) is 2.31. The summed E-state index contributed by atoms with van der Waals surface area (Å²) in [4.78, 5) is 24.2. The number of ether oxygens (including phenoxy) is 1. The predicted octanol–water partition coefficient (Wildman–Crippen LogP) is 2.38. The van der Waals surface area contributed by atoms with Gasteiger partial charge >= 0.3 is 5.97 Å². The maximum absolute atomic E-state index is 12.3. The van der Waals surface area contributed by atoms with Gasteiger partial charge in [-0.2, -0.15) is 0 Å². The zero-order valence-corrected chi connectivity index (χ0v) is 13.1. The van der Waals surface area contributed by atoms with Crippen molar-refractivity contribution in [2.24, 2.45) is 13.0 Å². The summed E-state index contributed by atoms with van der Waals surface area (Å²) in [5.41, 5.74) is 0.328. The van der Waals surface area contributed by atoms with E-state index in [9.17, 15) is 14.7 Å². The minimum atomic E-state index is -0.497. The van der Waals surface area contributed by atoms with E-state index < -0.39 is 5.97 Å². The van der Waals surface area contributed by atoms with Gasteiger partial charge in [0.25, 0.3) is 5.56 Å². The standard InChI is InChI=1S/C17H21NO4/c1-11(2)8-9-22-15(19)10-13-16(20)12-6-4-5-7-14(12)18(3)17(13)21/h4-7,11,20H,8-10H2,1-3H3. The third-order valence-electron chi connectivity index (χ3n) is 3.65. The molecule has 22 heavy (non-hydrogen) atoms. The van der Waals surface area contributed by atoms with Gasteiger partial charge in [-0.25, -0.2) is 0 Å². The van der Waals surface area contributed by atoms with Gasteiger partial charge in [-0.3, -0.25) is 9.59 Å². The number of rotatable bonds is 5. The molecule has 0 radical (unpaired) electrons. The molecule has 0 saturated heterocycles. The molecule has 0 aliphatic heterocycles. The van der Waals surface area contributed by atoms with Gasteiger partial charge in [0.1, 0.15) is 5.75 Å². The number of aromatic nitrogens is 1. The molecule has 0 fully saturated rings. The van der Waals surface area contributed by atoms with Crippen LogP contribution in [0.4, 0.5) is 0 Å². The number of hydrogen-bond acceptors (Lipinski definition) is 4. The van der Waals surface area contributed by atoms with Gasteiger partial charge in [0.2, 0.25) is 0 Å². The number of carbonyl (C=O) groups excluding carboxylic acids is 1. The SMILES string of the molecule is CC(C)CCOC(=O)Cc1c(O)c2ccccc2n(C)c1=O. The molecule has 1 aromatic carbocycles. The summed E-state index contributed by atoms with van der Waals surface area (Å²) in [6.45, 7) is 4.41. The third-order valence-corrected chi connectivity index (χ3v) is 3.65. The lowest BCUT2D eigenvalue weighted by Gasteiger charge is -2.12. The minimum absolute atomic E-state index is 0.0794. The van der Waals surface area contributed by atoms with E-state index >= 15 is 0 Å². The van der Waals surface area contributed by atoms with Crippen LogP contribution in [0.1, 0.15) is 25.8 Å². The molecule has 0 amide bonds. The first-order valence-corrected chi connectivity index (χ1v) is 7.37. The smallest absolute Gasteiger partial charge is 0.310 e. The van der Waals surface area contributed by atoms with Crippen LogP contribution in [0.2, 0.25) is 0 Å². The molecule has 2 aromatic rings. The molecule has 5 nitrogen and oxygen atoms in total. The molecule has 118 valence electrons. The molecule has 5 heteroatoms. The molecule has 0 bridgehead atoms. The second-order valence-electron chi connectivity index (χ2n) is 5.79. The fourth-order valence-electron chi connectivity index (χ4n) is 2.31. The van der Waals surface area contributed by atoms with Crippen molar-refractivity contribution >= 4 is 16.9 Å². The Bertz CT molecular complexity index is 746. The van der Waals surface area contributed by atoms with Crippen LogP contribution in [0.25, 0.3) is 10.9 Å². The van der Waals surface area contributed by atoms with E-state index in [0.29, 0.717) is 23.4 Å². The third kappa shape index (κ3) is 3.30. The van der Waals surface area contributed by atoms with Crippen molar-refractivity contribution in [1.29, 1.82) is 0 Å². The molecule has 2 rings (SSSR count). The molecule has 1 N–H and O–H groups in total. The summed E-state index contributed by atoms with van der Waals surface area (Å²) in [6, 6.07) is 7.04. The van der Waals surface area contributed by atoms with Crippen LogP contribution in [0.3, 0.4) is 0 Å². The van der Waals surface area contributed by atoms with Crippen LogP contribution < -0.4 is 5.56 Å². The Morgan fingerprint density at radius 3 is 2.68 bits per heavy atom. The monoisotopic (exact) mass is 303 g/mol. The van der Waals surface area contributed by atoms with Crippen molar-refractivity contribution in [3.63, 3.8) is 0 Å². The molecule has 0 aliphatic carbocycles. The van der Waals surface area contributed by atoms with Gasteiger partial charge < -0.3 is 14.4 Å². The largest absolute Gasteiger partial charge is 0.507 e. The van der Waals surface area contributed by atoms with E-state index in [2.05, 4.69) is 0 Å². The Morgan fingerprint density at radius 1 is 1.32 bits per heavy atom. The average molecular weight is 303 g/mol. The summed E-state index contributed by atoms with van der Waals surface area (Å²) >= 11 is 0. The van der Waals surface area contributed by atoms with Crippen molar-refractivity contribution in [3.8, 4) is 5.75 Å². The number of hydrogen-bond donors (Lipinski definition) is 1. The van der Waals surface area contributed by atoms with E-state index in [-0.39, 0.29) is 23.3 Å². The second kappa shape index (κ2) is 6.64. The highest BCUT2D eigenvalue weighted by Gasteiger charge is 2.18. The lowest BCUT2D eigenvalue weighted by Crippen LogP contribution is -2.24. The van der Waals surface area contributed by atoms with Gasteiger partial charge in [0, 0.05) is 12.4 Å². The lowest BCUT2D eigenvalue weighted by atomic mass is 10.1. The first-order valence-electron chi connectivity index (χ1n) is 7.37. The van der Waals surface area contributed by atoms with E-state index in [4.69, 9.17) is 4.74 Å². The van der Waals surface area contributed by atoms with Gasteiger partial charge in [-0.05, 0) is 24.5 Å². The van der Waals surface area contributed by atoms with E-state index in [1.54, 1.807) is 31.3 Å². The van der Waals surface area contributed by atoms with Crippen LogP contribution in [0, 0.1) is 5.92 Å². The maximum atomic E-state index is 12.3. The van der Waals surface area contributed by atoms with Crippen LogP contribution in [0.15, 0.2) is 29.1 Å². The Labute approximate surface area is 129 Å². The number of aromatic hydroxyl groups is 1. The number of para-hydroxylation sites is 1. The van der Waals surface area contributed by atoms with Crippen LogP contribution in [-0.4, -0.2) is 22.2 Å². The first-order chi connectivity index (χ1) is 10.4. The summed E-state index contributed by atoms with van der Waals surface area (Å²) in [7, 11) is 1.62. The predicted molar refractivity (Wildman–Crippen MR) is 85.0 cm³/mol. The summed E-state index contributed by atoms with van der Waals surface area (Å²) < 4.78 is 6.56. The zero-order valence-electron chi connectivity index (χ0n) is 13.1. The molecule has 1 heterocycles. The topological polar surface area (TPSA) is 68.5 Å². The number of carbonyl (C=O) groups is 1. The summed E-state index contributed by atoms with van der Waals surface area (Å²) in [5, 5.41) is 10.8. The summed E-state index contributed by atoms with van der Waals surface area (Å²) in [5.74, 6) is -0.197. The number of esters is 1. The number of fused-ring (bicyclic) bond motifs is 1. The second-order valence-corrected chi connectivity index (χ2v) is 5.79. The molecule has 0 unspecified atom stereocenters. The molecule has 1 aromatic heterocycles. The first kappa shape index (κ1) is 16.1. The Hall–Kier alpha value is -2.30. The minimum Gasteiger partial charge on any atom is -0.507 e. The number of nitrogens with zero attached hydrogens (tertiary/aromatic N) is 1. The Kier molecular flexibility index (Phi) is 4.85. The molecular weight excluding hydrogens is 282 g/mol. The fraction of sp³-hybridized carbons (Fsp3) is 0.412. The van der Waals surface area contributed by atoms with E-state index in [0.717, 1.165) is 6.42 Å². The number of aryl methyl sites for hydroxylation is 1. The highest BCUT2D eigenvalue weighted by Crippen LogP contribution is 2.26. The van der Waals surface area contributed by atoms with E-state index in [1.807, 2.05) is 13.8 Å². The Balaban J connectivity index is 2.28. The van der Waals surface area contributed by atoms with E-state index in [1.165, 1.54) is 4.57 Å². The van der Waals surface area contributed by atoms with Crippen molar-refractivity contribution < 1.29 is 14.6 Å². The van der Waals surface area contributed by atoms with Crippen LogP contribution in [-0.2, 0) is 23.0 Å². The molecule has 0 saturated carbocycles. The van der Waals surface area contributed by atoms with Crippen molar-refractivity contribution in [2.45, 2.75) is 26.7 Å². The Morgan fingerprint density at radius 2 is 2.00 bits per heavy atom. The van der Waals surface area contributed by atoms with Crippen LogP contribution >= 0.6 is 0 Å². The van der Waals surface area contributed by atoms with Gasteiger partial charge in [0.15, 0.2) is 0 Å². The number of benzene rings is 1. The molecular formula is C17H21NO4. The van der Waals surface area contributed by atoms with Gasteiger partial charge in [-0.1, -0.05) is 26.0 Å². The highest BCUT2D eigenvalue weighted by atomic mass is 16.5. The van der Waals surface area contributed by atoms with Crippen LogP contribution in [0.5, 0.6) is 5.75 Å². The highest BCUT2D eigenvalue weighted by molar-refractivity contribution is 5.87. The lowest BCUT2D eigenvalue weighted by molar-refractivity contribution is -0.143. The van der Waals surface area contributed by atoms with Crippen molar-refractivity contribution in [1.82, 2.24) is 4.57 Å². The number of pyridine rings is 1. The quantitative estimate of drug-likeness (QED) is 0.861. The normalized spacial score (nSPS) is 11.1. The molecule has 0 spiro atoms. The van der Waals surface area contributed by atoms with Crippen molar-refractivity contribution in [3.05, 3.63) is 40.2 Å². The maximum Gasteiger partial charge on any atom is 0.310 e. The van der Waals surface area contributed by atoms with Crippen molar-refractivity contribution in [2.75, 3.05) is 6.61 Å². The average Bonchev–Trinajstić information content (AvgIpc) is 2.49. The van der Waals surface area contributed by atoms with Gasteiger partial charge in [-0.15, -0.1) is 0 Å². The molecule has 0 aliphatic rings. The summed E-state index contributed by atoms with van der Waals surface area (Å²) in [6.07, 6.45) is 0.550. The zero-order chi connectivity index (χ0) is 16.3. The molecule has 0 atom stereocenters. The van der Waals surface area contributed by atoms with Gasteiger partial charge in [0.05, 0.1) is 24.1 Å².